The highest BCUT2D eigenvalue weighted by atomic mass is 32.2. The van der Waals surface area contributed by atoms with Crippen LogP contribution in [0.25, 0.3) is 0 Å². The van der Waals surface area contributed by atoms with Crippen molar-refractivity contribution in [2.75, 3.05) is 0 Å². The van der Waals surface area contributed by atoms with E-state index in [1.807, 2.05) is 6.07 Å². The Bertz CT molecular complexity index is 324. The van der Waals surface area contributed by atoms with Gasteiger partial charge in [-0.1, -0.05) is 37.3 Å². The molecule has 4 heteroatoms. The summed E-state index contributed by atoms with van der Waals surface area (Å²) in [5.41, 5.74) is 0.592. The molecule has 0 heterocycles. The quantitative estimate of drug-likeness (QED) is 0.758. The van der Waals surface area contributed by atoms with E-state index >= 15 is 0 Å². The minimum absolute atomic E-state index is 0.140. The molecule has 1 aromatic carbocycles. The van der Waals surface area contributed by atoms with E-state index in [4.69, 9.17) is 0 Å². The molecule has 0 saturated carbocycles. The highest BCUT2D eigenvalue weighted by molar-refractivity contribution is 8.12. The molecular formula is C10H11NO2S. The van der Waals surface area contributed by atoms with Crippen LogP contribution in [0.2, 0.25) is 0 Å². The summed E-state index contributed by atoms with van der Waals surface area (Å²) in [5.74, 6) is -0.140. The number of hydrogen-bond acceptors (Lipinski definition) is 3. The second-order valence-corrected chi connectivity index (χ2v) is 3.41. The van der Waals surface area contributed by atoms with Gasteiger partial charge in [-0.15, -0.1) is 0 Å². The van der Waals surface area contributed by atoms with Gasteiger partial charge in [-0.3, -0.25) is 14.3 Å². The Morgan fingerprint density at radius 2 is 1.93 bits per heavy atom. The lowest BCUT2D eigenvalue weighted by Crippen LogP contribution is -2.16. The van der Waals surface area contributed by atoms with E-state index in [1.54, 1.807) is 31.2 Å². The summed E-state index contributed by atoms with van der Waals surface area (Å²) >= 11 is 0.824. The molecule has 14 heavy (non-hydrogen) atoms. The summed E-state index contributed by atoms with van der Waals surface area (Å²) in [6.45, 7) is 1.74. The summed E-state index contributed by atoms with van der Waals surface area (Å²) < 4.78 is 2.46. The predicted octanol–water partition coefficient (Wildman–Crippen LogP) is 2.00. The zero-order valence-electron chi connectivity index (χ0n) is 7.82. The van der Waals surface area contributed by atoms with Crippen LogP contribution in [0.15, 0.2) is 30.3 Å². The number of rotatable bonds is 2. The van der Waals surface area contributed by atoms with Crippen LogP contribution in [-0.2, 0) is 4.79 Å². The smallest absolute Gasteiger partial charge is 0.239 e. The highest BCUT2D eigenvalue weighted by Crippen LogP contribution is 2.08. The molecule has 0 spiro atoms. The summed E-state index contributed by atoms with van der Waals surface area (Å²) in [4.78, 5) is 22.3. The first kappa shape index (κ1) is 10.8. The Kier molecular flexibility index (Phi) is 4.19. The van der Waals surface area contributed by atoms with Crippen molar-refractivity contribution in [1.29, 1.82) is 0 Å². The van der Waals surface area contributed by atoms with Crippen molar-refractivity contribution in [3.8, 4) is 0 Å². The van der Waals surface area contributed by atoms with Gasteiger partial charge in [0.05, 0.1) is 0 Å². The summed E-state index contributed by atoms with van der Waals surface area (Å²) in [6, 6.07) is 8.85. The lowest BCUT2D eigenvalue weighted by molar-refractivity contribution is -0.118. The average molecular weight is 209 g/mol. The van der Waals surface area contributed by atoms with E-state index < -0.39 is 0 Å². The van der Waals surface area contributed by atoms with Gasteiger partial charge in [-0.25, -0.2) is 0 Å². The maximum absolute atomic E-state index is 11.4. The lowest BCUT2D eigenvalue weighted by atomic mass is 10.2. The van der Waals surface area contributed by atoms with Crippen molar-refractivity contribution in [3.63, 3.8) is 0 Å². The second-order valence-electron chi connectivity index (χ2n) is 2.63. The molecule has 0 aromatic heterocycles. The molecule has 3 nitrogen and oxygen atoms in total. The summed E-state index contributed by atoms with van der Waals surface area (Å²) in [6.07, 6.45) is 0.384. The van der Waals surface area contributed by atoms with E-state index in [1.165, 1.54) is 0 Å². The molecule has 0 aliphatic carbocycles. The Hall–Kier alpha value is -1.29. The maximum atomic E-state index is 11.4. The van der Waals surface area contributed by atoms with Crippen LogP contribution >= 0.6 is 11.9 Å². The monoisotopic (exact) mass is 209 g/mol. The summed E-state index contributed by atoms with van der Waals surface area (Å²) in [7, 11) is 0. The third-order valence-electron chi connectivity index (χ3n) is 1.59. The molecule has 1 N–H and O–H groups in total. The van der Waals surface area contributed by atoms with Gasteiger partial charge in [0, 0.05) is 23.9 Å². The van der Waals surface area contributed by atoms with Crippen LogP contribution in [0.3, 0.4) is 0 Å². The summed E-state index contributed by atoms with van der Waals surface area (Å²) in [5, 5.41) is -0.146. The minimum Gasteiger partial charge on any atom is -0.293 e. The van der Waals surface area contributed by atoms with Crippen molar-refractivity contribution >= 4 is 23.0 Å². The third-order valence-corrected chi connectivity index (χ3v) is 2.34. The molecule has 1 amide bonds. The van der Waals surface area contributed by atoms with Crippen molar-refractivity contribution in [3.05, 3.63) is 35.9 Å². The maximum Gasteiger partial charge on any atom is 0.239 e. The molecule has 1 rings (SSSR count). The average Bonchev–Trinajstić information content (AvgIpc) is 2.26. The molecule has 0 saturated heterocycles. The van der Waals surface area contributed by atoms with E-state index in [0.717, 1.165) is 11.9 Å². The Balaban J connectivity index is 2.48. The van der Waals surface area contributed by atoms with Crippen LogP contribution in [0.1, 0.15) is 23.7 Å². The SMILES string of the molecule is CCC(=O)NSC(=O)c1ccccc1. The zero-order valence-corrected chi connectivity index (χ0v) is 8.64. The Morgan fingerprint density at radius 1 is 1.29 bits per heavy atom. The van der Waals surface area contributed by atoms with Crippen LogP contribution in [-0.4, -0.2) is 11.0 Å². The van der Waals surface area contributed by atoms with E-state index in [-0.39, 0.29) is 11.0 Å². The fourth-order valence-electron chi connectivity index (χ4n) is 0.809. The lowest BCUT2D eigenvalue weighted by Gasteiger charge is -2.00. The van der Waals surface area contributed by atoms with Crippen molar-refractivity contribution in [2.24, 2.45) is 0 Å². The number of amides is 1. The van der Waals surface area contributed by atoms with Crippen LogP contribution in [0.5, 0.6) is 0 Å². The fourth-order valence-corrected chi connectivity index (χ4v) is 1.41. The van der Waals surface area contributed by atoms with E-state index in [2.05, 4.69) is 4.72 Å². The Morgan fingerprint density at radius 3 is 2.50 bits per heavy atom. The van der Waals surface area contributed by atoms with Crippen LogP contribution in [0.4, 0.5) is 0 Å². The van der Waals surface area contributed by atoms with Crippen molar-refractivity contribution in [1.82, 2.24) is 4.72 Å². The number of carbonyl (C=O) groups excluding carboxylic acids is 2. The van der Waals surface area contributed by atoms with E-state index in [0.29, 0.717) is 12.0 Å². The first-order valence-corrected chi connectivity index (χ1v) is 5.10. The molecule has 74 valence electrons. The highest BCUT2D eigenvalue weighted by Gasteiger charge is 2.06. The number of benzene rings is 1. The molecule has 1 aromatic rings. The van der Waals surface area contributed by atoms with E-state index in [9.17, 15) is 9.59 Å². The van der Waals surface area contributed by atoms with Gasteiger partial charge in [-0.2, -0.15) is 0 Å². The molecule has 0 unspecified atom stereocenters. The zero-order chi connectivity index (χ0) is 10.4. The first-order chi connectivity index (χ1) is 6.74. The van der Waals surface area contributed by atoms with Crippen LogP contribution in [0, 0.1) is 0 Å². The van der Waals surface area contributed by atoms with Gasteiger partial charge in [0.1, 0.15) is 0 Å². The minimum atomic E-state index is -0.146. The Labute approximate surface area is 87.0 Å². The number of hydrogen-bond donors (Lipinski definition) is 1. The number of carbonyl (C=O) groups is 2. The van der Waals surface area contributed by atoms with Gasteiger partial charge >= 0.3 is 0 Å². The fraction of sp³-hybridized carbons (Fsp3) is 0.200. The first-order valence-electron chi connectivity index (χ1n) is 4.29. The molecule has 0 atom stereocenters. The van der Waals surface area contributed by atoms with Gasteiger partial charge in [0.2, 0.25) is 11.0 Å². The molecule has 0 aliphatic rings. The normalized spacial score (nSPS) is 9.50. The van der Waals surface area contributed by atoms with Gasteiger partial charge in [0.15, 0.2) is 0 Å². The molecule has 0 aliphatic heterocycles. The van der Waals surface area contributed by atoms with Gasteiger partial charge in [0.25, 0.3) is 0 Å². The third kappa shape index (κ3) is 3.22. The van der Waals surface area contributed by atoms with Crippen molar-refractivity contribution in [2.45, 2.75) is 13.3 Å². The second kappa shape index (κ2) is 5.44. The number of nitrogens with one attached hydrogen (secondary N) is 1. The molecule has 0 radical (unpaired) electrons. The largest absolute Gasteiger partial charge is 0.293 e. The van der Waals surface area contributed by atoms with Gasteiger partial charge in [-0.05, 0) is 0 Å². The van der Waals surface area contributed by atoms with Crippen molar-refractivity contribution < 1.29 is 9.59 Å². The standard InChI is InChI=1S/C10H11NO2S/c1-2-9(12)11-14-10(13)8-6-4-3-5-7-8/h3-7H,2H2,1H3,(H,11,12). The topological polar surface area (TPSA) is 46.2 Å². The molecule has 0 fully saturated rings. The van der Waals surface area contributed by atoms with Gasteiger partial charge < -0.3 is 0 Å². The molecule has 0 bridgehead atoms. The predicted molar refractivity (Wildman–Crippen MR) is 56.8 cm³/mol. The van der Waals surface area contributed by atoms with Crippen LogP contribution < -0.4 is 4.72 Å². The molecular weight excluding hydrogens is 198 g/mol.